The summed E-state index contributed by atoms with van der Waals surface area (Å²) in [5, 5.41) is 3.51. The number of hydrogen-bond acceptors (Lipinski definition) is 4. The van der Waals surface area contributed by atoms with Crippen LogP contribution in [-0.2, 0) is 17.8 Å². The van der Waals surface area contributed by atoms with Gasteiger partial charge in [-0.3, -0.25) is 4.90 Å². The summed E-state index contributed by atoms with van der Waals surface area (Å²) in [6, 6.07) is 3.23. The van der Waals surface area contributed by atoms with Crippen LogP contribution >= 0.6 is 0 Å². The second kappa shape index (κ2) is 7.08. The van der Waals surface area contributed by atoms with E-state index in [1.54, 1.807) is 13.4 Å². The van der Waals surface area contributed by atoms with Gasteiger partial charge in [0.2, 0.25) is 0 Å². The van der Waals surface area contributed by atoms with Crippen LogP contribution in [0.5, 0.6) is 0 Å². The van der Waals surface area contributed by atoms with Crippen molar-refractivity contribution in [3.8, 4) is 0 Å². The van der Waals surface area contributed by atoms with Crippen LogP contribution in [0, 0.1) is 0 Å². The minimum atomic E-state index is 0.425. The van der Waals surface area contributed by atoms with Crippen LogP contribution < -0.4 is 5.32 Å². The van der Waals surface area contributed by atoms with Crippen molar-refractivity contribution in [2.45, 2.75) is 51.9 Å². The van der Waals surface area contributed by atoms with E-state index in [1.165, 1.54) is 18.4 Å². The maximum Gasteiger partial charge on any atom is 0.122 e. The summed E-state index contributed by atoms with van der Waals surface area (Å²) in [4.78, 5) is 2.41. The van der Waals surface area contributed by atoms with Gasteiger partial charge in [0.1, 0.15) is 5.76 Å². The van der Waals surface area contributed by atoms with Gasteiger partial charge in [-0.2, -0.15) is 0 Å². The van der Waals surface area contributed by atoms with Crippen molar-refractivity contribution in [3.63, 3.8) is 0 Å². The summed E-state index contributed by atoms with van der Waals surface area (Å²) in [6.45, 7) is 7.96. The van der Waals surface area contributed by atoms with Crippen molar-refractivity contribution >= 4 is 0 Å². The highest BCUT2D eigenvalue weighted by molar-refractivity contribution is 5.17. The number of hydrogen-bond donors (Lipinski definition) is 1. The molecule has 0 amide bonds. The SMILES string of the molecule is CCN(Cc1ccoc1CNC1CC1)C(C)COC. The molecule has 0 aliphatic heterocycles. The highest BCUT2D eigenvalue weighted by Crippen LogP contribution is 2.21. The first-order valence-electron chi connectivity index (χ1n) is 7.26. The van der Waals surface area contributed by atoms with Gasteiger partial charge in [-0.25, -0.2) is 0 Å². The van der Waals surface area contributed by atoms with E-state index >= 15 is 0 Å². The fraction of sp³-hybridized carbons (Fsp3) is 0.733. The van der Waals surface area contributed by atoms with E-state index in [1.807, 2.05) is 0 Å². The lowest BCUT2D eigenvalue weighted by atomic mass is 10.2. The zero-order valence-corrected chi connectivity index (χ0v) is 12.3. The number of likely N-dealkylation sites (N-methyl/N-ethyl adjacent to an activating group) is 1. The summed E-state index contributed by atoms with van der Waals surface area (Å²) in [7, 11) is 1.76. The highest BCUT2D eigenvalue weighted by atomic mass is 16.5. The van der Waals surface area contributed by atoms with Gasteiger partial charge in [0.25, 0.3) is 0 Å². The number of methoxy groups -OCH3 is 1. The van der Waals surface area contributed by atoms with Crippen LogP contribution in [-0.4, -0.2) is 37.2 Å². The van der Waals surface area contributed by atoms with E-state index in [0.717, 1.165) is 32.0 Å². The molecule has 1 aliphatic rings. The van der Waals surface area contributed by atoms with Crippen LogP contribution in [0.4, 0.5) is 0 Å². The van der Waals surface area contributed by atoms with Crippen molar-refractivity contribution < 1.29 is 9.15 Å². The van der Waals surface area contributed by atoms with Crippen molar-refractivity contribution in [1.82, 2.24) is 10.2 Å². The molecule has 1 aliphatic carbocycles. The Morgan fingerprint density at radius 3 is 2.95 bits per heavy atom. The van der Waals surface area contributed by atoms with Crippen LogP contribution in [0.3, 0.4) is 0 Å². The Labute approximate surface area is 116 Å². The van der Waals surface area contributed by atoms with E-state index in [4.69, 9.17) is 9.15 Å². The van der Waals surface area contributed by atoms with E-state index < -0.39 is 0 Å². The Bertz CT molecular complexity index is 374. The van der Waals surface area contributed by atoms with Gasteiger partial charge in [0, 0.05) is 31.3 Å². The maximum atomic E-state index is 5.61. The third kappa shape index (κ3) is 4.34. The van der Waals surface area contributed by atoms with Gasteiger partial charge in [-0.05, 0) is 32.4 Å². The molecule has 1 heterocycles. The van der Waals surface area contributed by atoms with Crippen molar-refractivity contribution in [2.75, 3.05) is 20.3 Å². The number of nitrogens with zero attached hydrogens (tertiary/aromatic N) is 1. The van der Waals surface area contributed by atoms with Crippen molar-refractivity contribution in [2.24, 2.45) is 0 Å². The second-order valence-electron chi connectivity index (χ2n) is 5.39. The standard InChI is InChI=1S/C15H26N2O2/c1-4-17(12(2)11-18-3)10-13-7-8-19-15(13)9-16-14-5-6-14/h7-8,12,14,16H,4-6,9-11H2,1-3H3. The predicted molar refractivity (Wildman–Crippen MR) is 76.0 cm³/mol. The van der Waals surface area contributed by atoms with Crippen LogP contribution in [0.1, 0.15) is 38.0 Å². The number of ether oxygens (including phenoxy) is 1. The zero-order chi connectivity index (χ0) is 13.7. The molecule has 0 radical (unpaired) electrons. The third-order valence-electron chi connectivity index (χ3n) is 3.78. The summed E-state index contributed by atoms with van der Waals surface area (Å²) in [5.41, 5.74) is 1.29. The number of nitrogens with one attached hydrogen (secondary N) is 1. The Kier molecular flexibility index (Phi) is 5.43. The van der Waals surface area contributed by atoms with E-state index in [-0.39, 0.29) is 0 Å². The molecule has 4 nitrogen and oxygen atoms in total. The van der Waals surface area contributed by atoms with Crippen LogP contribution in [0.2, 0.25) is 0 Å². The van der Waals surface area contributed by atoms with Gasteiger partial charge in [0.15, 0.2) is 0 Å². The predicted octanol–water partition coefficient (Wildman–Crippen LogP) is 2.39. The lowest BCUT2D eigenvalue weighted by molar-refractivity contribution is 0.0978. The third-order valence-corrected chi connectivity index (χ3v) is 3.78. The molecule has 1 atom stereocenters. The lowest BCUT2D eigenvalue weighted by Crippen LogP contribution is -2.35. The molecule has 4 heteroatoms. The molecule has 1 fully saturated rings. The molecule has 0 spiro atoms. The molecule has 2 rings (SSSR count). The first-order chi connectivity index (χ1) is 9.24. The minimum Gasteiger partial charge on any atom is -0.468 e. The first-order valence-corrected chi connectivity index (χ1v) is 7.26. The quantitative estimate of drug-likeness (QED) is 0.745. The molecule has 0 saturated heterocycles. The monoisotopic (exact) mass is 266 g/mol. The highest BCUT2D eigenvalue weighted by Gasteiger charge is 2.22. The summed E-state index contributed by atoms with van der Waals surface area (Å²) < 4.78 is 10.9. The molecule has 1 unspecified atom stereocenters. The molecule has 1 aromatic rings. The number of furan rings is 1. The topological polar surface area (TPSA) is 37.6 Å². The molecule has 1 aromatic heterocycles. The van der Waals surface area contributed by atoms with Gasteiger partial charge in [-0.15, -0.1) is 0 Å². The molecule has 19 heavy (non-hydrogen) atoms. The average molecular weight is 266 g/mol. The molecule has 0 aromatic carbocycles. The van der Waals surface area contributed by atoms with Crippen LogP contribution in [0.25, 0.3) is 0 Å². The molecule has 1 saturated carbocycles. The Morgan fingerprint density at radius 2 is 2.32 bits per heavy atom. The Hall–Kier alpha value is -0.840. The molecular formula is C15H26N2O2. The van der Waals surface area contributed by atoms with E-state index in [2.05, 4.69) is 30.1 Å². The van der Waals surface area contributed by atoms with E-state index in [0.29, 0.717) is 12.1 Å². The zero-order valence-electron chi connectivity index (χ0n) is 12.3. The largest absolute Gasteiger partial charge is 0.468 e. The van der Waals surface area contributed by atoms with Gasteiger partial charge in [0.05, 0.1) is 19.4 Å². The molecular weight excluding hydrogens is 240 g/mol. The summed E-state index contributed by atoms with van der Waals surface area (Å²) in [6.07, 6.45) is 4.41. The Morgan fingerprint density at radius 1 is 1.53 bits per heavy atom. The fourth-order valence-electron chi connectivity index (χ4n) is 2.33. The molecule has 0 bridgehead atoms. The van der Waals surface area contributed by atoms with Gasteiger partial charge < -0.3 is 14.5 Å². The Balaban J connectivity index is 1.90. The van der Waals surface area contributed by atoms with Crippen LogP contribution in [0.15, 0.2) is 16.7 Å². The second-order valence-corrected chi connectivity index (χ2v) is 5.39. The van der Waals surface area contributed by atoms with Gasteiger partial charge >= 0.3 is 0 Å². The van der Waals surface area contributed by atoms with Crippen molar-refractivity contribution in [1.29, 1.82) is 0 Å². The maximum absolute atomic E-state index is 5.61. The normalized spacial score (nSPS) is 17.1. The average Bonchev–Trinajstić information content (AvgIpc) is 3.13. The molecule has 108 valence electrons. The first kappa shape index (κ1) is 14.6. The number of rotatable bonds is 9. The lowest BCUT2D eigenvalue weighted by Gasteiger charge is -2.27. The smallest absolute Gasteiger partial charge is 0.122 e. The summed E-state index contributed by atoms with van der Waals surface area (Å²) >= 11 is 0. The minimum absolute atomic E-state index is 0.425. The van der Waals surface area contributed by atoms with Crippen molar-refractivity contribution in [3.05, 3.63) is 23.7 Å². The van der Waals surface area contributed by atoms with E-state index in [9.17, 15) is 0 Å². The molecule has 1 N–H and O–H groups in total. The summed E-state index contributed by atoms with van der Waals surface area (Å²) in [5.74, 6) is 1.08. The van der Waals surface area contributed by atoms with Gasteiger partial charge in [-0.1, -0.05) is 6.92 Å². The fourth-order valence-corrected chi connectivity index (χ4v) is 2.33.